The van der Waals surface area contributed by atoms with Gasteiger partial charge in [0.25, 0.3) is 27.7 Å². The molecule has 0 atom stereocenters. The zero-order valence-electron chi connectivity index (χ0n) is 92.9. The highest BCUT2D eigenvalue weighted by Gasteiger charge is 2.72. The summed E-state index contributed by atoms with van der Waals surface area (Å²) < 4.78 is 118. The molecule has 0 unspecified atom stereocenters. The van der Waals surface area contributed by atoms with Crippen molar-refractivity contribution in [3.8, 4) is 0 Å². The van der Waals surface area contributed by atoms with Crippen molar-refractivity contribution in [3.63, 3.8) is 0 Å². The predicted molar refractivity (Wildman–Crippen MR) is 582 cm³/mol. The molecule has 0 saturated heterocycles. The van der Waals surface area contributed by atoms with E-state index in [1.807, 2.05) is 69.2 Å². The van der Waals surface area contributed by atoms with Gasteiger partial charge in [-0.15, -0.1) is 5.16 Å². The van der Waals surface area contributed by atoms with Crippen molar-refractivity contribution in [2.45, 2.75) is 250 Å². The van der Waals surface area contributed by atoms with Gasteiger partial charge in [0.1, 0.15) is 0 Å². The minimum atomic E-state index is -3.99. The van der Waals surface area contributed by atoms with Crippen LogP contribution >= 0.6 is 0 Å². The van der Waals surface area contributed by atoms with Crippen LogP contribution in [0.3, 0.4) is 0 Å². The number of carbonyl (C=O) groups is 3. The summed E-state index contributed by atoms with van der Waals surface area (Å²) in [4.78, 5) is 93.5. The van der Waals surface area contributed by atoms with Gasteiger partial charge < -0.3 is 119 Å². The van der Waals surface area contributed by atoms with Crippen LogP contribution in [0.4, 0.5) is 0 Å². The monoisotopic (exact) mass is 2170 g/mol. The molecule has 0 aromatic rings. The molecule has 0 heterocycles. The van der Waals surface area contributed by atoms with Crippen molar-refractivity contribution >= 4 is 194 Å². The summed E-state index contributed by atoms with van der Waals surface area (Å²) in [5.74, 6) is -1.25. The average molecular weight is 2170 g/mol. The van der Waals surface area contributed by atoms with Gasteiger partial charge in [0, 0.05) is 82.1 Å². The normalized spacial score (nSPS) is 12.3. The molecule has 0 spiro atoms. The lowest BCUT2D eigenvalue weighted by Gasteiger charge is -2.49. The van der Waals surface area contributed by atoms with Gasteiger partial charge in [-0.25, -0.2) is 19.2 Å². The molecule has 0 bridgehead atoms. The molecular formula is C74H199N19O23Si16. The van der Waals surface area contributed by atoms with Gasteiger partial charge >= 0.3 is 68.8 Å². The molecule has 0 aromatic heterocycles. The molecule has 0 aliphatic carbocycles. The number of isocyanates is 4. The Morgan fingerprint density at radius 3 is 0.720 bits per heavy atom. The topological polar surface area (TPSA) is 436 Å². The smallest absolute Gasteiger partial charge is 0.531 e. The van der Waals surface area contributed by atoms with Gasteiger partial charge in [0.2, 0.25) is 45.3 Å². The van der Waals surface area contributed by atoms with Gasteiger partial charge in [-0.2, -0.15) is 18.6 Å². The van der Waals surface area contributed by atoms with E-state index >= 15 is 0 Å². The summed E-state index contributed by atoms with van der Waals surface area (Å²) >= 11 is 0. The molecule has 0 aromatic carbocycles. The molecule has 0 fully saturated rings. The van der Waals surface area contributed by atoms with Crippen LogP contribution in [0.5, 0.6) is 0 Å². The Kier molecular flexibility index (Phi) is 107. The van der Waals surface area contributed by atoms with Crippen molar-refractivity contribution < 1.29 is 104 Å². The molecule has 58 heteroatoms. The highest BCUT2D eigenvalue weighted by Crippen LogP contribution is 2.29. The summed E-state index contributed by atoms with van der Waals surface area (Å²) in [6.07, 6.45) is 4.92. The highest BCUT2D eigenvalue weighted by molar-refractivity contribution is 7.36. The molecule has 0 amide bonds. The van der Waals surface area contributed by atoms with Crippen molar-refractivity contribution in [1.29, 1.82) is 0 Å². The molecule has 7 N–H and O–H groups in total. The van der Waals surface area contributed by atoms with Gasteiger partial charge in [-0.1, -0.05) is 68.1 Å². The molecule has 0 aliphatic heterocycles. The Bertz CT molecular complexity index is 2610. The van der Waals surface area contributed by atoms with E-state index in [-0.39, 0.29) is 8.80 Å². The molecular weight excluding hydrogens is 1970 g/mol. The van der Waals surface area contributed by atoms with Gasteiger partial charge in [-0.05, 0) is 294 Å². The first-order valence-corrected chi connectivity index (χ1v) is 76.8. The lowest BCUT2D eigenvalue weighted by Crippen LogP contribution is -2.98. The van der Waals surface area contributed by atoms with Crippen LogP contribution in [0.15, 0.2) is 23.8 Å². The minimum Gasteiger partial charge on any atom is -0.531 e. The zero-order valence-corrected chi connectivity index (χ0v) is 113. The van der Waals surface area contributed by atoms with Crippen LogP contribution in [-0.4, -0.2) is 434 Å². The summed E-state index contributed by atoms with van der Waals surface area (Å²) in [7, 11) is 8.12. The van der Waals surface area contributed by atoms with E-state index in [9.17, 15) is 28.8 Å². The standard InChI is InChI=1S/C12H36N6Si2.C12H30O6Si2.C12H24O6Si.C8H24N4Si.C6H19N3Si.C6H16O3Si.C6H18OSi2.C4N4O4Si.C4H11NOSi.C3H10Si.CH4O2Si.H7NSi2/c2*1-7-13-19(14-8-2,15-9-3)20(16-10-4,17-11-5)18-12-6;1-9(13)15-19(16-10(2)14,17-11(3,4)5)18-12(6,7)8;1-9(2)13(10(3)4,11(5)6)12(7)8;1-7(2)10(8(3)4)9(5)6;1-4-7-10(8-5-2)9-6-3;1-8(2,3)7-9(4,5)6;9-1-5-13(6-2-10,7-3-11)8-4-12;1-3-4(2)5-6-7;1-4(2)3;2-1-3-4;2-1-3/h13-18H,7-12H2,1-6H3;7-12H2,1-6H3;1-8H3;1-8H3;10H,1-6H3;10H,4-6H2,1-3H3;1-6H3;;3H2,1-2,7H3;4H,1-3H3;1H,4H3;1H,2-3H3. The van der Waals surface area contributed by atoms with Gasteiger partial charge in [0.05, 0.1) is 37.7 Å². The maximum Gasteiger partial charge on any atom is 0.825 e. The maximum atomic E-state index is 11.3. The van der Waals surface area contributed by atoms with Gasteiger partial charge in [0.15, 0.2) is 16.6 Å². The number of nitrogens with one attached hydrogen (secondary N) is 7. The van der Waals surface area contributed by atoms with E-state index in [2.05, 4.69) is 305 Å². The van der Waals surface area contributed by atoms with Crippen LogP contribution in [0, 0.1) is 0 Å². The lowest BCUT2D eigenvalue weighted by atomic mass is 10.2. The molecule has 0 aliphatic rings. The molecule has 0 saturated carbocycles. The Morgan fingerprint density at radius 2 is 0.629 bits per heavy atom. The summed E-state index contributed by atoms with van der Waals surface area (Å²) in [6.45, 7) is 78.7. The molecule has 0 rings (SSSR count). The Labute approximate surface area is 829 Å². The third-order valence-electron chi connectivity index (χ3n) is 13.9. The quantitative estimate of drug-likeness (QED) is 0.0150. The van der Waals surface area contributed by atoms with Crippen molar-refractivity contribution in [1.82, 2.24) is 66.5 Å². The predicted octanol–water partition coefficient (Wildman–Crippen LogP) is 2.00. The number of carbonyl (C=O) groups excluding carboxylic acids is 7. The maximum absolute atomic E-state index is 11.3. The molecule has 42 nitrogen and oxygen atoms in total. The number of hydrogen-bond donors (Lipinski definition) is 7. The van der Waals surface area contributed by atoms with E-state index in [0.717, 1.165) is 75.7 Å². The molecule has 132 heavy (non-hydrogen) atoms. The van der Waals surface area contributed by atoms with E-state index in [1.165, 1.54) is 34.7 Å². The summed E-state index contributed by atoms with van der Waals surface area (Å²) in [5.41, 5.74) is -0.319. The fourth-order valence-corrected chi connectivity index (χ4v) is 54.5. The van der Waals surface area contributed by atoms with E-state index < -0.39 is 118 Å². The Morgan fingerprint density at radius 1 is 0.417 bits per heavy atom. The summed E-state index contributed by atoms with van der Waals surface area (Å²) in [5, 5.41) is 3.72. The Hall–Kier alpha value is -2.17. The van der Waals surface area contributed by atoms with Crippen molar-refractivity contribution in [2.24, 2.45) is 23.8 Å². The van der Waals surface area contributed by atoms with Gasteiger partial charge in [-0.3, -0.25) is 32.6 Å². The highest BCUT2D eigenvalue weighted by atomic mass is 29.3. The first-order chi connectivity index (χ1) is 60.9. The second-order valence-electron chi connectivity index (χ2n) is 33.2. The largest absolute Gasteiger partial charge is 0.825 e. The lowest BCUT2D eigenvalue weighted by molar-refractivity contribution is -0.160. The number of nitrogens with zero attached hydrogens (tertiary/aromatic N) is 12. The molecule has 0 radical (unpaired) electrons. The first kappa shape index (κ1) is 155. The number of rotatable bonds is 52. The first-order valence-electron chi connectivity index (χ1n) is 45.2. The fourth-order valence-electron chi connectivity index (χ4n) is 11.8. The van der Waals surface area contributed by atoms with Crippen LogP contribution in [0.1, 0.15) is 180 Å². The zero-order chi connectivity index (χ0) is 107. The molecule has 792 valence electrons. The second kappa shape index (κ2) is 91.3. The van der Waals surface area contributed by atoms with Crippen molar-refractivity contribution in [2.75, 3.05) is 197 Å². The number of hydrogen-bond acceptors (Lipinski definition) is 42. The van der Waals surface area contributed by atoms with Crippen LogP contribution < -0.4 is 34.5 Å². The number of oxime groups is 1. The third kappa shape index (κ3) is 81.5. The van der Waals surface area contributed by atoms with Crippen molar-refractivity contribution in [3.05, 3.63) is 0 Å². The van der Waals surface area contributed by atoms with E-state index in [0.29, 0.717) is 86.9 Å². The van der Waals surface area contributed by atoms with E-state index in [4.69, 9.17) is 66.4 Å². The van der Waals surface area contributed by atoms with Crippen LogP contribution in [-0.2, 0) is 104 Å². The Balaban J connectivity index is -0.000000123. The SMILES string of the molecule is CC(=O)O[Si](OC(C)=O)(OC(C)(C)C)OC(C)(C)C.CCC(C)=NO[SiH3].CCN[Si](NCC)(NCC)[Si](NCC)(NCC)NCC.CCO[SiH](OCC)OCC.CCO[Si](OCC)(OCC)[Si](OCC)(OCC)OCC.CN(C)[SiH](N(C)C)N(C)C.CN(C)[Si](N(C)C)(N(C)C)N(C)C.C[SiH](C)C.C[Si](C)(C)O[Si](C)(C)C.O=C=N[Si](N=C=O)(N=C=O)N=C=O.O=CO[SiH3].[SiH3]N[SiH3]. The fraction of sp³-hybridized carbons (Fsp3) is 0.892. The van der Waals surface area contributed by atoms with E-state index in [1.54, 1.807) is 41.5 Å². The van der Waals surface area contributed by atoms with Crippen LogP contribution in [0.25, 0.3) is 0 Å². The second-order valence-corrected chi connectivity index (χ2v) is 82.1. The summed E-state index contributed by atoms with van der Waals surface area (Å²) in [6, 6.07) is 0. The minimum absolute atomic E-state index is 0.139. The third-order valence-corrected chi connectivity index (χ3v) is 55.6. The average Bonchev–Trinajstić information content (AvgIpc) is 1.32. The van der Waals surface area contributed by atoms with Crippen LogP contribution in [0.2, 0.25) is 58.9 Å².